The van der Waals surface area contributed by atoms with Crippen LogP contribution in [0.5, 0.6) is 11.5 Å². The normalized spacial score (nSPS) is 12.0. The van der Waals surface area contributed by atoms with E-state index < -0.39 is 12.1 Å². The number of methoxy groups -OCH3 is 3. The summed E-state index contributed by atoms with van der Waals surface area (Å²) in [4.78, 5) is 11.9. The minimum atomic E-state index is -1.55. The lowest BCUT2D eigenvalue weighted by atomic mass is 9.99. The summed E-state index contributed by atoms with van der Waals surface area (Å²) >= 11 is 0. The minimum absolute atomic E-state index is 0.0969. The van der Waals surface area contributed by atoms with Gasteiger partial charge in [-0.2, -0.15) is 0 Å². The summed E-state index contributed by atoms with van der Waals surface area (Å²) in [5.74, 6) is 0.346. The molecule has 0 fully saturated rings. The molecule has 3 rings (SSSR count). The Morgan fingerprint density at radius 1 is 1.08 bits per heavy atom. The van der Waals surface area contributed by atoms with Crippen molar-refractivity contribution < 1.29 is 28.5 Å². The smallest absolute Gasteiger partial charge is 0.342 e. The van der Waals surface area contributed by atoms with Crippen molar-refractivity contribution in [2.24, 2.45) is 0 Å². The van der Waals surface area contributed by atoms with Crippen LogP contribution in [-0.4, -0.2) is 32.4 Å². The van der Waals surface area contributed by atoms with E-state index in [2.05, 4.69) is 4.74 Å². The van der Waals surface area contributed by atoms with E-state index in [-0.39, 0.29) is 5.76 Å². The highest BCUT2D eigenvalue weighted by atomic mass is 16.5. The monoisotopic (exact) mass is 342 g/mol. The van der Waals surface area contributed by atoms with Gasteiger partial charge >= 0.3 is 5.97 Å². The summed E-state index contributed by atoms with van der Waals surface area (Å²) in [6.45, 7) is 0. The second kappa shape index (κ2) is 6.86. The van der Waals surface area contributed by atoms with E-state index in [0.717, 1.165) is 5.56 Å². The molecule has 0 aliphatic carbocycles. The first-order chi connectivity index (χ1) is 12.1. The van der Waals surface area contributed by atoms with Crippen molar-refractivity contribution in [3.05, 3.63) is 48.2 Å². The minimum Gasteiger partial charge on any atom is -0.496 e. The number of aliphatic hydroxyl groups is 1. The van der Waals surface area contributed by atoms with E-state index in [1.54, 1.807) is 12.1 Å². The van der Waals surface area contributed by atoms with Gasteiger partial charge < -0.3 is 23.7 Å². The second-order valence-corrected chi connectivity index (χ2v) is 5.34. The molecule has 3 aromatic rings. The molecular weight excluding hydrogens is 324 g/mol. The highest BCUT2D eigenvalue weighted by Gasteiger charge is 2.30. The Balaban J connectivity index is 2.36. The molecule has 0 amide bonds. The van der Waals surface area contributed by atoms with Gasteiger partial charge in [-0.25, -0.2) is 4.79 Å². The number of benzene rings is 2. The van der Waals surface area contributed by atoms with E-state index in [1.165, 1.54) is 21.3 Å². The van der Waals surface area contributed by atoms with Crippen molar-refractivity contribution >= 4 is 16.9 Å². The van der Waals surface area contributed by atoms with E-state index in [1.807, 2.05) is 30.3 Å². The summed E-state index contributed by atoms with van der Waals surface area (Å²) in [5, 5.41) is 11.0. The third-order valence-electron chi connectivity index (χ3n) is 3.95. The SMILES string of the molecule is COC(=O)C(O)c1oc2cc(OC)cc(OC)c2c1-c1ccccc1. The average Bonchev–Trinajstić information content (AvgIpc) is 3.05. The summed E-state index contributed by atoms with van der Waals surface area (Å²) in [7, 11) is 4.28. The Hall–Kier alpha value is -2.99. The Labute approximate surface area is 144 Å². The van der Waals surface area contributed by atoms with Gasteiger partial charge in [0.25, 0.3) is 0 Å². The zero-order valence-corrected chi connectivity index (χ0v) is 14.1. The first-order valence-electron chi connectivity index (χ1n) is 7.60. The Morgan fingerprint density at radius 3 is 2.40 bits per heavy atom. The molecule has 0 saturated heterocycles. The molecular formula is C19H18O6. The molecule has 6 nitrogen and oxygen atoms in total. The topological polar surface area (TPSA) is 78.1 Å². The van der Waals surface area contributed by atoms with Gasteiger partial charge in [0.2, 0.25) is 6.10 Å². The second-order valence-electron chi connectivity index (χ2n) is 5.34. The van der Waals surface area contributed by atoms with Gasteiger partial charge in [0.15, 0.2) is 5.76 Å². The van der Waals surface area contributed by atoms with Crippen LogP contribution in [0, 0.1) is 0 Å². The van der Waals surface area contributed by atoms with Gasteiger partial charge in [-0.3, -0.25) is 0 Å². The molecule has 0 saturated carbocycles. The van der Waals surface area contributed by atoms with Crippen molar-refractivity contribution in [3.63, 3.8) is 0 Å². The molecule has 2 aromatic carbocycles. The average molecular weight is 342 g/mol. The molecule has 1 heterocycles. The van der Waals surface area contributed by atoms with E-state index in [9.17, 15) is 9.90 Å². The van der Waals surface area contributed by atoms with E-state index in [0.29, 0.717) is 28.0 Å². The Bertz CT molecular complexity index is 897. The summed E-state index contributed by atoms with van der Waals surface area (Å²) in [5.41, 5.74) is 1.80. The largest absolute Gasteiger partial charge is 0.496 e. The fraction of sp³-hybridized carbons (Fsp3) is 0.211. The summed E-state index contributed by atoms with van der Waals surface area (Å²) < 4.78 is 21.2. The summed E-state index contributed by atoms with van der Waals surface area (Å²) in [6, 6.07) is 12.7. The molecule has 1 aromatic heterocycles. The van der Waals surface area contributed by atoms with Gasteiger partial charge in [-0.1, -0.05) is 30.3 Å². The molecule has 1 unspecified atom stereocenters. The summed E-state index contributed by atoms with van der Waals surface area (Å²) in [6.07, 6.45) is -1.55. The number of carbonyl (C=O) groups excluding carboxylic acids is 1. The van der Waals surface area contributed by atoms with Gasteiger partial charge in [-0.15, -0.1) is 0 Å². The standard InChI is InChI=1S/C19H18O6/c1-22-12-9-13(23-2)16-14(10-12)25-18(17(20)19(21)24-3)15(16)11-7-5-4-6-8-11/h4-10,17,20H,1-3H3. The van der Waals surface area contributed by atoms with Crippen LogP contribution < -0.4 is 9.47 Å². The molecule has 6 heteroatoms. The number of esters is 1. The number of hydrogen-bond acceptors (Lipinski definition) is 6. The van der Waals surface area contributed by atoms with Crippen LogP contribution in [0.2, 0.25) is 0 Å². The van der Waals surface area contributed by atoms with Gasteiger partial charge in [0.05, 0.1) is 26.7 Å². The van der Waals surface area contributed by atoms with E-state index >= 15 is 0 Å². The van der Waals surface area contributed by atoms with Crippen molar-refractivity contribution in [2.45, 2.75) is 6.10 Å². The fourth-order valence-electron chi connectivity index (χ4n) is 2.77. The predicted molar refractivity (Wildman–Crippen MR) is 91.7 cm³/mol. The Kier molecular flexibility index (Phi) is 4.63. The van der Waals surface area contributed by atoms with Gasteiger partial charge in [-0.05, 0) is 5.56 Å². The van der Waals surface area contributed by atoms with Gasteiger partial charge in [0, 0.05) is 17.7 Å². The lowest BCUT2D eigenvalue weighted by molar-refractivity contribution is -0.151. The van der Waals surface area contributed by atoms with Crippen LogP contribution in [0.3, 0.4) is 0 Å². The fourth-order valence-corrected chi connectivity index (χ4v) is 2.77. The predicted octanol–water partition coefficient (Wildman–Crippen LogP) is 3.32. The molecule has 0 radical (unpaired) electrons. The third-order valence-corrected chi connectivity index (χ3v) is 3.95. The lowest BCUT2D eigenvalue weighted by Gasteiger charge is -2.10. The molecule has 0 bridgehead atoms. The highest BCUT2D eigenvalue weighted by molar-refractivity contribution is 6.02. The highest BCUT2D eigenvalue weighted by Crippen LogP contribution is 2.44. The number of ether oxygens (including phenoxy) is 3. The van der Waals surface area contributed by atoms with Crippen LogP contribution in [0.15, 0.2) is 46.9 Å². The lowest BCUT2D eigenvalue weighted by Crippen LogP contribution is -2.13. The first kappa shape index (κ1) is 16.9. The molecule has 1 N–H and O–H groups in total. The molecule has 130 valence electrons. The van der Waals surface area contributed by atoms with Crippen molar-refractivity contribution in [2.75, 3.05) is 21.3 Å². The Morgan fingerprint density at radius 2 is 1.80 bits per heavy atom. The van der Waals surface area contributed by atoms with Crippen LogP contribution in [0.4, 0.5) is 0 Å². The van der Waals surface area contributed by atoms with Crippen molar-refractivity contribution in [3.8, 4) is 22.6 Å². The number of carbonyl (C=O) groups is 1. The van der Waals surface area contributed by atoms with Crippen LogP contribution in [0.1, 0.15) is 11.9 Å². The number of fused-ring (bicyclic) bond motifs is 1. The van der Waals surface area contributed by atoms with Crippen molar-refractivity contribution in [1.29, 1.82) is 0 Å². The quantitative estimate of drug-likeness (QED) is 0.717. The number of furan rings is 1. The van der Waals surface area contributed by atoms with Crippen LogP contribution in [0.25, 0.3) is 22.1 Å². The zero-order chi connectivity index (χ0) is 18.0. The molecule has 1 atom stereocenters. The first-order valence-corrected chi connectivity index (χ1v) is 7.60. The maximum Gasteiger partial charge on any atom is 0.342 e. The molecule has 0 aliphatic rings. The molecule has 0 aliphatic heterocycles. The zero-order valence-electron chi connectivity index (χ0n) is 14.1. The maximum atomic E-state index is 11.9. The molecule has 0 spiro atoms. The van der Waals surface area contributed by atoms with Crippen LogP contribution in [-0.2, 0) is 9.53 Å². The van der Waals surface area contributed by atoms with Gasteiger partial charge in [0.1, 0.15) is 17.1 Å². The van der Waals surface area contributed by atoms with Crippen molar-refractivity contribution in [1.82, 2.24) is 0 Å². The number of rotatable bonds is 5. The molecule has 25 heavy (non-hydrogen) atoms. The number of hydrogen-bond donors (Lipinski definition) is 1. The third kappa shape index (κ3) is 2.92. The van der Waals surface area contributed by atoms with Crippen LogP contribution >= 0.6 is 0 Å². The number of aliphatic hydroxyl groups excluding tert-OH is 1. The maximum absolute atomic E-state index is 11.9. The van der Waals surface area contributed by atoms with E-state index in [4.69, 9.17) is 13.9 Å².